The third kappa shape index (κ3) is 3.72. The minimum absolute atomic E-state index is 0.110. The second-order valence-corrected chi connectivity index (χ2v) is 6.19. The molecule has 0 spiro atoms. The van der Waals surface area contributed by atoms with E-state index in [2.05, 4.69) is 15.3 Å². The molecule has 0 aliphatic heterocycles. The maximum Gasteiger partial charge on any atom is 0.240 e. The fourth-order valence-electron chi connectivity index (χ4n) is 3.05. The third-order valence-corrected chi connectivity index (χ3v) is 4.35. The van der Waals surface area contributed by atoms with Crippen molar-refractivity contribution < 1.29 is 9.18 Å². The Morgan fingerprint density at radius 1 is 1.15 bits per heavy atom. The number of rotatable bonds is 6. The number of nitrogens with one attached hydrogen (secondary N) is 1. The standard InChI is InChI=1S/C20H18FN5O/c21-17-5-3-15(4-6-17)18-12-16-2-1-7-24-20(16)26(18)13-19(27)23-9-11-25-10-8-22-14-25/h1-8,10,12,14H,9,11,13H2,(H,23,27). The number of halogens is 1. The first-order chi connectivity index (χ1) is 13.2. The highest BCUT2D eigenvalue weighted by Gasteiger charge is 2.14. The lowest BCUT2D eigenvalue weighted by atomic mass is 10.1. The van der Waals surface area contributed by atoms with Gasteiger partial charge >= 0.3 is 0 Å². The van der Waals surface area contributed by atoms with Crippen molar-refractivity contribution in [3.05, 3.63) is 73.2 Å². The van der Waals surface area contributed by atoms with Crippen LogP contribution >= 0.6 is 0 Å². The molecule has 0 aliphatic carbocycles. The minimum Gasteiger partial charge on any atom is -0.353 e. The zero-order chi connectivity index (χ0) is 18.6. The van der Waals surface area contributed by atoms with Gasteiger partial charge in [-0.1, -0.05) is 0 Å². The molecule has 1 amide bonds. The largest absolute Gasteiger partial charge is 0.353 e. The maximum absolute atomic E-state index is 13.3. The fourth-order valence-corrected chi connectivity index (χ4v) is 3.05. The van der Waals surface area contributed by atoms with Crippen LogP contribution in [0.1, 0.15) is 0 Å². The zero-order valence-corrected chi connectivity index (χ0v) is 14.5. The van der Waals surface area contributed by atoms with E-state index in [9.17, 15) is 9.18 Å². The molecule has 6 nitrogen and oxygen atoms in total. The molecule has 0 aliphatic rings. The van der Waals surface area contributed by atoms with Crippen molar-refractivity contribution in [2.45, 2.75) is 13.1 Å². The van der Waals surface area contributed by atoms with Gasteiger partial charge in [0.05, 0.1) is 12.0 Å². The Kier molecular flexibility index (Phi) is 4.65. The Morgan fingerprint density at radius 3 is 2.78 bits per heavy atom. The van der Waals surface area contributed by atoms with Crippen molar-refractivity contribution in [3.8, 4) is 11.3 Å². The minimum atomic E-state index is -0.295. The van der Waals surface area contributed by atoms with Gasteiger partial charge < -0.3 is 14.5 Å². The quantitative estimate of drug-likeness (QED) is 0.573. The van der Waals surface area contributed by atoms with E-state index in [0.29, 0.717) is 13.1 Å². The molecule has 0 saturated heterocycles. The molecule has 0 atom stereocenters. The molecule has 3 aromatic heterocycles. The van der Waals surface area contributed by atoms with Crippen LogP contribution in [-0.4, -0.2) is 31.6 Å². The van der Waals surface area contributed by atoms with Crippen LogP contribution in [0.4, 0.5) is 4.39 Å². The van der Waals surface area contributed by atoms with Gasteiger partial charge in [0.15, 0.2) is 0 Å². The Hall–Kier alpha value is -3.48. The molecule has 0 fully saturated rings. The van der Waals surface area contributed by atoms with Gasteiger partial charge in [-0.05, 0) is 48.0 Å². The van der Waals surface area contributed by atoms with E-state index in [1.54, 1.807) is 30.9 Å². The van der Waals surface area contributed by atoms with Gasteiger partial charge in [-0.25, -0.2) is 14.4 Å². The van der Waals surface area contributed by atoms with Crippen molar-refractivity contribution in [2.75, 3.05) is 6.54 Å². The number of nitrogens with zero attached hydrogens (tertiary/aromatic N) is 4. The molecule has 1 aromatic carbocycles. The lowest BCUT2D eigenvalue weighted by Gasteiger charge is -2.11. The van der Waals surface area contributed by atoms with E-state index < -0.39 is 0 Å². The van der Waals surface area contributed by atoms with Crippen LogP contribution in [-0.2, 0) is 17.9 Å². The van der Waals surface area contributed by atoms with Crippen LogP contribution in [0.2, 0.25) is 0 Å². The molecule has 27 heavy (non-hydrogen) atoms. The first-order valence-electron chi connectivity index (χ1n) is 8.63. The number of imidazole rings is 1. The Balaban J connectivity index is 1.57. The van der Waals surface area contributed by atoms with E-state index in [1.807, 2.05) is 33.5 Å². The maximum atomic E-state index is 13.3. The van der Waals surface area contributed by atoms with E-state index in [0.717, 1.165) is 22.3 Å². The number of hydrogen-bond acceptors (Lipinski definition) is 3. The number of pyridine rings is 1. The van der Waals surface area contributed by atoms with E-state index in [1.165, 1.54) is 12.1 Å². The Morgan fingerprint density at radius 2 is 2.00 bits per heavy atom. The van der Waals surface area contributed by atoms with Crippen molar-refractivity contribution in [2.24, 2.45) is 0 Å². The molecule has 0 radical (unpaired) electrons. The molecule has 4 rings (SSSR count). The van der Waals surface area contributed by atoms with Crippen molar-refractivity contribution in [1.29, 1.82) is 0 Å². The highest BCUT2D eigenvalue weighted by atomic mass is 19.1. The zero-order valence-electron chi connectivity index (χ0n) is 14.5. The summed E-state index contributed by atoms with van der Waals surface area (Å²) in [7, 11) is 0. The monoisotopic (exact) mass is 363 g/mol. The Labute approximate surface area is 155 Å². The summed E-state index contributed by atoms with van der Waals surface area (Å²) in [4.78, 5) is 20.9. The summed E-state index contributed by atoms with van der Waals surface area (Å²) in [5.74, 6) is -0.404. The molecule has 136 valence electrons. The van der Waals surface area contributed by atoms with Crippen molar-refractivity contribution in [1.82, 2.24) is 24.4 Å². The smallest absolute Gasteiger partial charge is 0.240 e. The van der Waals surface area contributed by atoms with Gasteiger partial charge in [0, 0.05) is 37.1 Å². The van der Waals surface area contributed by atoms with Crippen LogP contribution in [0.15, 0.2) is 67.4 Å². The second kappa shape index (κ2) is 7.41. The summed E-state index contributed by atoms with van der Waals surface area (Å²) in [5, 5.41) is 3.85. The number of carbonyl (C=O) groups is 1. The number of carbonyl (C=O) groups excluding carboxylic acids is 1. The van der Waals surface area contributed by atoms with Gasteiger partial charge in [0.25, 0.3) is 0 Å². The summed E-state index contributed by atoms with van der Waals surface area (Å²) in [5.41, 5.74) is 2.38. The number of benzene rings is 1. The average Bonchev–Trinajstić information content (AvgIpc) is 3.31. The lowest BCUT2D eigenvalue weighted by molar-refractivity contribution is -0.121. The average molecular weight is 363 g/mol. The van der Waals surface area contributed by atoms with E-state index in [-0.39, 0.29) is 18.3 Å². The van der Waals surface area contributed by atoms with E-state index >= 15 is 0 Å². The van der Waals surface area contributed by atoms with Gasteiger partial charge in [-0.15, -0.1) is 0 Å². The van der Waals surface area contributed by atoms with Crippen LogP contribution in [0, 0.1) is 5.82 Å². The Bertz CT molecular complexity index is 1050. The second-order valence-electron chi connectivity index (χ2n) is 6.19. The molecule has 0 unspecified atom stereocenters. The summed E-state index contributed by atoms with van der Waals surface area (Å²) >= 11 is 0. The van der Waals surface area contributed by atoms with Crippen LogP contribution in [0.25, 0.3) is 22.3 Å². The fraction of sp³-hybridized carbons (Fsp3) is 0.150. The predicted octanol–water partition coefficient (Wildman–Crippen LogP) is 2.86. The summed E-state index contributed by atoms with van der Waals surface area (Å²) in [6.07, 6.45) is 6.96. The van der Waals surface area contributed by atoms with Crippen LogP contribution in [0.5, 0.6) is 0 Å². The number of amides is 1. The van der Waals surface area contributed by atoms with Gasteiger partial charge in [0.2, 0.25) is 5.91 Å². The molecule has 0 bridgehead atoms. The molecule has 0 saturated carbocycles. The van der Waals surface area contributed by atoms with Gasteiger partial charge in [-0.3, -0.25) is 4.79 Å². The highest BCUT2D eigenvalue weighted by molar-refractivity contribution is 5.87. The predicted molar refractivity (Wildman–Crippen MR) is 100 cm³/mol. The molecule has 3 heterocycles. The number of aromatic nitrogens is 4. The molecule has 1 N–H and O–H groups in total. The number of hydrogen-bond donors (Lipinski definition) is 1. The summed E-state index contributed by atoms with van der Waals surface area (Å²) in [6, 6.07) is 12.0. The first-order valence-corrected chi connectivity index (χ1v) is 8.63. The van der Waals surface area contributed by atoms with Crippen LogP contribution < -0.4 is 5.32 Å². The van der Waals surface area contributed by atoms with Gasteiger partial charge in [0.1, 0.15) is 18.0 Å². The van der Waals surface area contributed by atoms with E-state index in [4.69, 9.17) is 0 Å². The summed E-state index contributed by atoms with van der Waals surface area (Å²) in [6.45, 7) is 1.30. The number of fused-ring (bicyclic) bond motifs is 1. The third-order valence-electron chi connectivity index (χ3n) is 4.35. The molecule has 7 heteroatoms. The SMILES string of the molecule is O=C(Cn1c(-c2ccc(F)cc2)cc2cccnc21)NCCn1ccnc1. The van der Waals surface area contributed by atoms with Gasteiger partial charge in [-0.2, -0.15) is 0 Å². The molecular weight excluding hydrogens is 345 g/mol. The first kappa shape index (κ1) is 17.0. The molecule has 4 aromatic rings. The molecular formula is C20H18FN5O. The highest BCUT2D eigenvalue weighted by Crippen LogP contribution is 2.27. The van der Waals surface area contributed by atoms with Crippen molar-refractivity contribution in [3.63, 3.8) is 0 Å². The van der Waals surface area contributed by atoms with Crippen molar-refractivity contribution >= 4 is 16.9 Å². The lowest BCUT2D eigenvalue weighted by Crippen LogP contribution is -2.30. The summed E-state index contributed by atoms with van der Waals surface area (Å²) < 4.78 is 17.0. The normalized spacial score (nSPS) is 11.0. The topological polar surface area (TPSA) is 64.7 Å². The van der Waals surface area contributed by atoms with Crippen LogP contribution in [0.3, 0.4) is 0 Å².